The van der Waals surface area contributed by atoms with Crippen molar-refractivity contribution in [3.8, 4) is 5.75 Å². The molecule has 0 saturated carbocycles. The Morgan fingerprint density at radius 1 is 1.15 bits per heavy atom. The first-order valence-electron chi connectivity index (χ1n) is 6.45. The fraction of sp³-hybridized carbons (Fsp3) is 0.250. The van der Waals surface area contributed by atoms with Gasteiger partial charge in [0.2, 0.25) is 0 Å². The number of ether oxygens (including phenoxy) is 1. The van der Waals surface area contributed by atoms with E-state index in [0.717, 1.165) is 6.07 Å². The molecule has 0 heterocycles. The van der Waals surface area contributed by atoms with Gasteiger partial charge in [-0.2, -0.15) is 0 Å². The van der Waals surface area contributed by atoms with E-state index in [1.807, 2.05) is 6.92 Å². The van der Waals surface area contributed by atoms with Crippen LogP contribution in [-0.2, 0) is 6.42 Å². The van der Waals surface area contributed by atoms with Crippen LogP contribution in [0.4, 0.5) is 8.78 Å². The van der Waals surface area contributed by atoms with Crippen molar-refractivity contribution in [2.45, 2.75) is 19.4 Å². The largest absolute Gasteiger partial charge is 0.493 e. The molecule has 20 heavy (non-hydrogen) atoms. The maximum Gasteiger partial charge on any atom is 0.129 e. The van der Waals surface area contributed by atoms with E-state index in [2.05, 4.69) is 0 Å². The Kier molecular flexibility index (Phi) is 4.69. The van der Waals surface area contributed by atoms with Crippen molar-refractivity contribution in [1.82, 2.24) is 0 Å². The molecular weight excluding hydrogens is 262 g/mol. The molecule has 0 spiro atoms. The number of aliphatic hydroxyl groups excluding tert-OH is 1. The minimum absolute atomic E-state index is 0.0657. The summed E-state index contributed by atoms with van der Waals surface area (Å²) in [6.07, 6.45) is -0.839. The van der Waals surface area contributed by atoms with Crippen LogP contribution in [0.5, 0.6) is 5.75 Å². The second-order valence-electron chi connectivity index (χ2n) is 4.43. The predicted molar refractivity (Wildman–Crippen MR) is 72.6 cm³/mol. The van der Waals surface area contributed by atoms with Gasteiger partial charge in [0.25, 0.3) is 0 Å². The van der Waals surface area contributed by atoms with E-state index in [0.29, 0.717) is 17.9 Å². The highest BCUT2D eigenvalue weighted by Crippen LogP contribution is 2.28. The van der Waals surface area contributed by atoms with Crippen molar-refractivity contribution in [3.05, 3.63) is 65.2 Å². The summed E-state index contributed by atoms with van der Waals surface area (Å²) in [5, 5.41) is 10.2. The van der Waals surface area contributed by atoms with E-state index in [4.69, 9.17) is 4.74 Å². The van der Waals surface area contributed by atoms with E-state index < -0.39 is 17.7 Å². The standard InChI is InChI=1S/C16H16F2O2/c1-2-20-16-6-4-3-5-13(16)15(19)9-11-7-8-12(17)10-14(11)18/h3-8,10,15,19H,2,9H2,1H3. The molecule has 0 aliphatic rings. The van der Waals surface area contributed by atoms with Gasteiger partial charge in [-0.05, 0) is 24.6 Å². The van der Waals surface area contributed by atoms with Gasteiger partial charge in [-0.3, -0.25) is 0 Å². The smallest absolute Gasteiger partial charge is 0.129 e. The maximum atomic E-state index is 13.6. The van der Waals surface area contributed by atoms with Gasteiger partial charge in [-0.15, -0.1) is 0 Å². The number of hydrogen-bond donors (Lipinski definition) is 1. The molecule has 1 atom stereocenters. The van der Waals surface area contributed by atoms with Crippen molar-refractivity contribution in [2.24, 2.45) is 0 Å². The van der Waals surface area contributed by atoms with Crippen LogP contribution in [-0.4, -0.2) is 11.7 Å². The summed E-state index contributed by atoms with van der Waals surface area (Å²) in [6, 6.07) is 10.4. The van der Waals surface area contributed by atoms with Crippen LogP contribution in [0.2, 0.25) is 0 Å². The van der Waals surface area contributed by atoms with Crippen LogP contribution in [0.1, 0.15) is 24.2 Å². The van der Waals surface area contributed by atoms with Gasteiger partial charge in [0.15, 0.2) is 0 Å². The number of hydrogen-bond acceptors (Lipinski definition) is 2. The quantitative estimate of drug-likeness (QED) is 0.904. The van der Waals surface area contributed by atoms with Crippen LogP contribution in [0, 0.1) is 11.6 Å². The van der Waals surface area contributed by atoms with Gasteiger partial charge in [-0.25, -0.2) is 8.78 Å². The molecule has 0 aliphatic heterocycles. The number of benzene rings is 2. The predicted octanol–water partition coefficient (Wildman–Crippen LogP) is 3.64. The Balaban J connectivity index is 2.21. The Morgan fingerprint density at radius 2 is 1.90 bits per heavy atom. The first-order valence-corrected chi connectivity index (χ1v) is 6.45. The highest BCUT2D eigenvalue weighted by molar-refractivity contribution is 5.36. The monoisotopic (exact) mass is 278 g/mol. The Morgan fingerprint density at radius 3 is 2.60 bits per heavy atom. The van der Waals surface area contributed by atoms with E-state index in [1.165, 1.54) is 12.1 Å². The summed E-state index contributed by atoms with van der Waals surface area (Å²) in [5.74, 6) is -0.710. The lowest BCUT2D eigenvalue weighted by molar-refractivity contribution is 0.171. The van der Waals surface area contributed by atoms with Crippen LogP contribution < -0.4 is 4.74 Å². The van der Waals surface area contributed by atoms with Crippen LogP contribution in [0.3, 0.4) is 0 Å². The number of rotatable bonds is 5. The van der Waals surface area contributed by atoms with Crippen molar-refractivity contribution >= 4 is 0 Å². The van der Waals surface area contributed by atoms with Crippen LogP contribution in [0.25, 0.3) is 0 Å². The second-order valence-corrected chi connectivity index (χ2v) is 4.43. The fourth-order valence-corrected chi connectivity index (χ4v) is 2.05. The molecule has 0 amide bonds. The lowest BCUT2D eigenvalue weighted by Gasteiger charge is -2.16. The van der Waals surface area contributed by atoms with E-state index in [9.17, 15) is 13.9 Å². The number of aliphatic hydroxyl groups is 1. The van der Waals surface area contributed by atoms with Crippen LogP contribution in [0.15, 0.2) is 42.5 Å². The van der Waals surface area contributed by atoms with Gasteiger partial charge < -0.3 is 9.84 Å². The number of para-hydroxylation sites is 1. The average molecular weight is 278 g/mol. The first kappa shape index (κ1) is 14.5. The summed E-state index contributed by atoms with van der Waals surface area (Å²) < 4.78 is 31.9. The topological polar surface area (TPSA) is 29.5 Å². The minimum Gasteiger partial charge on any atom is -0.493 e. The highest BCUT2D eigenvalue weighted by atomic mass is 19.1. The maximum absolute atomic E-state index is 13.6. The van der Waals surface area contributed by atoms with Gasteiger partial charge >= 0.3 is 0 Å². The SMILES string of the molecule is CCOc1ccccc1C(O)Cc1ccc(F)cc1F. The lowest BCUT2D eigenvalue weighted by atomic mass is 10.0. The minimum atomic E-state index is -0.905. The third-order valence-corrected chi connectivity index (χ3v) is 3.01. The lowest BCUT2D eigenvalue weighted by Crippen LogP contribution is -2.06. The van der Waals surface area contributed by atoms with Gasteiger partial charge in [0, 0.05) is 18.1 Å². The molecule has 0 saturated heterocycles. The van der Waals surface area contributed by atoms with Crippen molar-refractivity contribution in [1.29, 1.82) is 0 Å². The Hall–Kier alpha value is -1.94. The molecule has 0 bridgehead atoms. The molecule has 2 aromatic carbocycles. The summed E-state index contributed by atoms with van der Waals surface area (Å²) in [6.45, 7) is 2.33. The summed E-state index contributed by atoms with van der Waals surface area (Å²) >= 11 is 0. The molecule has 106 valence electrons. The summed E-state index contributed by atoms with van der Waals surface area (Å²) in [4.78, 5) is 0. The first-order chi connectivity index (χ1) is 9.61. The normalized spacial score (nSPS) is 12.2. The zero-order valence-electron chi connectivity index (χ0n) is 11.1. The zero-order valence-corrected chi connectivity index (χ0v) is 11.1. The average Bonchev–Trinajstić information content (AvgIpc) is 2.43. The molecule has 2 aromatic rings. The van der Waals surface area contributed by atoms with Gasteiger partial charge in [0.1, 0.15) is 17.4 Å². The molecule has 0 fully saturated rings. The van der Waals surface area contributed by atoms with Crippen molar-refractivity contribution < 1.29 is 18.6 Å². The molecule has 0 radical (unpaired) electrons. The van der Waals surface area contributed by atoms with E-state index in [-0.39, 0.29) is 12.0 Å². The van der Waals surface area contributed by atoms with E-state index in [1.54, 1.807) is 24.3 Å². The molecule has 1 N–H and O–H groups in total. The third kappa shape index (κ3) is 3.33. The molecule has 0 aromatic heterocycles. The molecule has 2 rings (SSSR count). The molecular formula is C16H16F2O2. The second kappa shape index (κ2) is 6.48. The fourth-order valence-electron chi connectivity index (χ4n) is 2.05. The highest BCUT2D eigenvalue weighted by Gasteiger charge is 2.16. The summed E-state index contributed by atoms with van der Waals surface area (Å²) in [5.41, 5.74) is 0.864. The molecule has 0 aliphatic carbocycles. The van der Waals surface area contributed by atoms with Crippen LogP contribution >= 0.6 is 0 Å². The van der Waals surface area contributed by atoms with Gasteiger partial charge in [-0.1, -0.05) is 24.3 Å². The molecule has 1 unspecified atom stereocenters. The summed E-state index contributed by atoms with van der Waals surface area (Å²) in [7, 11) is 0. The van der Waals surface area contributed by atoms with E-state index >= 15 is 0 Å². The number of halogens is 2. The Bertz CT molecular complexity index is 584. The third-order valence-electron chi connectivity index (χ3n) is 3.01. The van der Waals surface area contributed by atoms with Crippen molar-refractivity contribution in [2.75, 3.05) is 6.61 Å². The molecule has 2 nitrogen and oxygen atoms in total. The molecule has 4 heteroatoms. The van der Waals surface area contributed by atoms with Crippen molar-refractivity contribution in [3.63, 3.8) is 0 Å². The van der Waals surface area contributed by atoms with Gasteiger partial charge in [0.05, 0.1) is 12.7 Å². The zero-order chi connectivity index (χ0) is 14.5. The Labute approximate surface area is 116 Å².